The molecule has 3 nitrogen and oxygen atoms in total. The molecule has 0 aromatic heterocycles. The van der Waals surface area contributed by atoms with Crippen LogP contribution in [0, 0.1) is 0 Å². The maximum absolute atomic E-state index is 9.00. The summed E-state index contributed by atoms with van der Waals surface area (Å²) in [6.45, 7) is 0.493. The van der Waals surface area contributed by atoms with Gasteiger partial charge in [0, 0.05) is 12.5 Å². The highest BCUT2D eigenvalue weighted by Crippen LogP contribution is 2.15. The van der Waals surface area contributed by atoms with Gasteiger partial charge < -0.3 is 15.9 Å². The van der Waals surface area contributed by atoms with Crippen molar-refractivity contribution in [3.8, 4) is 0 Å². The van der Waals surface area contributed by atoms with Crippen LogP contribution < -0.4 is 5.73 Å². The van der Waals surface area contributed by atoms with Gasteiger partial charge in [-0.05, 0) is 11.1 Å². The molecule has 13 heavy (non-hydrogen) atoms. The highest BCUT2D eigenvalue weighted by atomic mass is 16.3. The van der Waals surface area contributed by atoms with E-state index in [2.05, 4.69) is 0 Å². The third-order valence-corrected chi connectivity index (χ3v) is 2.11. The molecule has 0 aliphatic rings. The molecular formula is C10H15NO2. The van der Waals surface area contributed by atoms with Crippen molar-refractivity contribution in [3.63, 3.8) is 0 Å². The Kier molecular flexibility index (Phi) is 3.89. The molecular weight excluding hydrogens is 166 g/mol. The van der Waals surface area contributed by atoms with Gasteiger partial charge in [0.25, 0.3) is 0 Å². The molecule has 3 heteroatoms. The first-order valence-corrected chi connectivity index (χ1v) is 4.32. The van der Waals surface area contributed by atoms with E-state index < -0.39 is 0 Å². The lowest BCUT2D eigenvalue weighted by atomic mass is 9.98. The summed E-state index contributed by atoms with van der Waals surface area (Å²) >= 11 is 0. The van der Waals surface area contributed by atoms with Crippen molar-refractivity contribution < 1.29 is 10.2 Å². The van der Waals surface area contributed by atoms with E-state index >= 15 is 0 Å². The molecule has 0 fully saturated rings. The monoisotopic (exact) mass is 181 g/mol. The largest absolute Gasteiger partial charge is 0.396 e. The van der Waals surface area contributed by atoms with Crippen LogP contribution in [-0.2, 0) is 6.61 Å². The van der Waals surface area contributed by atoms with Crippen LogP contribution >= 0.6 is 0 Å². The summed E-state index contributed by atoms with van der Waals surface area (Å²) in [6, 6.07) is 7.48. The Labute approximate surface area is 77.8 Å². The molecule has 1 aromatic rings. The maximum atomic E-state index is 9.00. The predicted molar refractivity (Wildman–Crippen MR) is 51.2 cm³/mol. The third kappa shape index (κ3) is 2.52. The van der Waals surface area contributed by atoms with E-state index in [1.807, 2.05) is 24.3 Å². The Morgan fingerprint density at radius 2 is 2.08 bits per heavy atom. The van der Waals surface area contributed by atoms with Gasteiger partial charge in [-0.1, -0.05) is 24.3 Å². The topological polar surface area (TPSA) is 66.5 Å². The number of aliphatic hydroxyl groups excluding tert-OH is 2. The molecule has 1 unspecified atom stereocenters. The summed E-state index contributed by atoms with van der Waals surface area (Å²) in [5, 5.41) is 17.9. The number of hydrogen-bond donors (Lipinski definition) is 3. The van der Waals surface area contributed by atoms with Gasteiger partial charge >= 0.3 is 0 Å². The number of aliphatic hydroxyl groups is 2. The Hall–Kier alpha value is -0.900. The summed E-state index contributed by atoms with van der Waals surface area (Å²) in [5.41, 5.74) is 7.32. The molecule has 0 amide bonds. The minimum Gasteiger partial charge on any atom is -0.396 e. The molecule has 4 N–H and O–H groups in total. The van der Waals surface area contributed by atoms with Crippen LogP contribution in [0.2, 0.25) is 0 Å². The molecule has 0 aliphatic carbocycles. The van der Waals surface area contributed by atoms with E-state index in [1.54, 1.807) is 0 Å². The fourth-order valence-electron chi connectivity index (χ4n) is 1.26. The quantitative estimate of drug-likeness (QED) is 0.622. The van der Waals surface area contributed by atoms with Gasteiger partial charge in [0.1, 0.15) is 0 Å². The van der Waals surface area contributed by atoms with Crippen LogP contribution in [0.4, 0.5) is 0 Å². The van der Waals surface area contributed by atoms with Crippen molar-refractivity contribution in [3.05, 3.63) is 35.4 Å². The van der Waals surface area contributed by atoms with Crippen LogP contribution in [0.1, 0.15) is 17.0 Å². The zero-order chi connectivity index (χ0) is 9.68. The van der Waals surface area contributed by atoms with E-state index in [0.717, 1.165) is 11.1 Å². The second-order valence-corrected chi connectivity index (χ2v) is 3.02. The van der Waals surface area contributed by atoms with Gasteiger partial charge in [0.05, 0.1) is 13.2 Å². The Morgan fingerprint density at radius 3 is 2.62 bits per heavy atom. The van der Waals surface area contributed by atoms with Crippen molar-refractivity contribution in [2.45, 2.75) is 12.5 Å². The lowest BCUT2D eigenvalue weighted by Gasteiger charge is -2.12. The molecule has 0 saturated heterocycles. The molecule has 0 spiro atoms. The fourth-order valence-corrected chi connectivity index (χ4v) is 1.26. The van der Waals surface area contributed by atoms with Gasteiger partial charge in [-0.15, -0.1) is 0 Å². The van der Waals surface area contributed by atoms with E-state index in [-0.39, 0.29) is 19.1 Å². The van der Waals surface area contributed by atoms with E-state index in [9.17, 15) is 0 Å². The summed E-state index contributed by atoms with van der Waals surface area (Å²) in [4.78, 5) is 0. The van der Waals surface area contributed by atoms with Crippen LogP contribution in [0.5, 0.6) is 0 Å². The number of rotatable bonds is 4. The smallest absolute Gasteiger partial charge is 0.0681 e. The SMILES string of the molecule is NCC(CO)c1cccc(CO)c1. The van der Waals surface area contributed by atoms with Crippen molar-refractivity contribution >= 4 is 0 Å². The first-order chi connectivity index (χ1) is 6.31. The van der Waals surface area contributed by atoms with Crippen molar-refractivity contribution in [1.82, 2.24) is 0 Å². The average Bonchev–Trinajstić information content (AvgIpc) is 2.20. The lowest BCUT2D eigenvalue weighted by Crippen LogP contribution is -2.16. The van der Waals surface area contributed by atoms with Gasteiger partial charge in [-0.2, -0.15) is 0 Å². The van der Waals surface area contributed by atoms with Crippen LogP contribution in [-0.4, -0.2) is 23.4 Å². The minimum atomic E-state index is -0.0218. The molecule has 1 rings (SSSR count). The molecule has 0 saturated carbocycles. The molecule has 1 atom stereocenters. The molecule has 1 aromatic carbocycles. The van der Waals surface area contributed by atoms with Crippen molar-refractivity contribution in [2.24, 2.45) is 5.73 Å². The summed E-state index contributed by atoms with van der Waals surface area (Å²) < 4.78 is 0. The molecule has 0 aliphatic heterocycles. The third-order valence-electron chi connectivity index (χ3n) is 2.11. The van der Waals surface area contributed by atoms with Crippen LogP contribution in [0.15, 0.2) is 24.3 Å². The van der Waals surface area contributed by atoms with Gasteiger partial charge in [-0.25, -0.2) is 0 Å². The second kappa shape index (κ2) is 4.97. The van der Waals surface area contributed by atoms with Crippen LogP contribution in [0.25, 0.3) is 0 Å². The second-order valence-electron chi connectivity index (χ2n) is 3.02. The number of hydrogen-bond acceptors (Lipinski definition) is 3. The standard InChI is InChI=1S/C10H15NO2/c11-5-10(7-13)9-3-1-2-8(4-9)6-12/h1-4,10,12-13H,5-7,11H2. The lowest BCUT2D eigenvalue weighted by molar-refractivity contribution is 0.266. The Bertz CT molecular complexity index is 259. The number of benzene rings is 1. The molecule has 0 heterocycles. The molecule has 72 valence electrons. The fraction of sp³-hybridized carbons (Fsp3) is 0.400. The van der Waals surface area contributed by atoms with Crippen LogP contribution in [0.3, 0.4) is 0 Å². The minimum absolute atomic E-state index is 0.0218. The molecule has 0 radical (unpaired) electrons. The highest BCUT2D eigenvalue weighted by Gasteiger charge is 2.07. The predicted octanol–water partition coefficient (Wildman–Crippen LogP) is 0.213. The van der Waals surface area contributed by atoms with Gasteiger partial charge in [0.15, 0.2) is 0 Å². The Morgan fingerprint density at radius 1 is 1.31 bits per heavy atom. The first kappa shape index (κ1) is 10.2. The first-order valence-electron chi connectivity index (χ1n) is 4.32. The van der Waals surface area contributed by atoms with Crippen molar-refractivity contribution in [1.29, 1.82) is 0 Å². The zero-order valence-corrected chi connectivity index (χ0v) is 7.48. The summed E-state index contributed by atoms with van der Waals surface area (Å²) in [5.74, 6) is -0.0218. The average molecular weight is 181 g/mol. The van der Waals surface area contributed by atoms with E-state index in [0.29, 0.717) is 6.54 Å². The molecule has 0 bridgehead atoms. The van der Waals surface area contributed by atoms with E-state index in [4.69, 9.17) is 15.9 Å². The van der Waals surface area contributed by atoms with E-state index in [1.165, 1.54) is 0 Å². The van der Waals surface area contributed by atoms with Gasteiger partial charge in [0.2, 0.25) is 0 Å². The highest BCUT2D eigenvalue weighted by molar-refractivity contribution is 5.26. The number of nitrogens with two attached hydrogens (primary N) is 1. The summed E-state index contributed by atoms with van der Waals surface area (Å²) in [6.07, 6.45) is 0. The summed E-state index contributed by atoms with van der Waals surface area (Å²) in [7, 11) is 0. The normalized spacial score (nSPS) is 12.8. The Balaban J connectivity index is 2.86. The van der Waals surface area contributed by atoms with Crippen molar-refractivity contribution in [2.75, 3.05) is 13.2 Å². The zero-order valence-electron chi connectivity index (χ0n) is 7.48. The van der Waals surface area contributed by atoms with Gasteiger partial charge in [-0.3, -0.25) is 0 Å². The maximum Gasteiger partial charge on any atom is 0.0681 e.